The van der Waals surface area contributed by atoms with Crippen molar-refractivity contribution in [2.45, 2.75) is 18.6 Å². The van der Waals surface area contributed by atoms with E-state index in [0.29, 0.717) is 25.2 Å². The van der Waals surface area contributed by atoms with E-state index in [1.54, 1.807) is 10.6 Å². The second kappa shape index (κ2) is 6.98. The number of aromatic nitrogens is 4. The first kappa shape index (κ1) is 18.0. The van der Waals surface area contributed by atoms with Crippen molar-refractivity contribution in [3.63, 3.8) is 0 Å². The molecule has 1 aromatic carbocycles. The van der Waals surface area contributed by atoms with Gasteiger partial charge in [0, 0.05) is 24.8 Å². The summed E-state index contributed by atoms with van der Waals surface area (Å²) in [5.74, 6) is 0.731. The van der Waals surface area contributed by atoms with Crippen molar-refractivity contribution in [3.8, 4) is 0 Å². The maximum Gasteiger partial charge on any atom is 0.416 e. The molecule has 0 aliphatic carbocycles. The smallest absolute Gasteiger partial charge is 0.353 e. The molecule has 0 bridgehead atoms. The van der Waals surface area contributed by atoms with Crippen LogP contribution in [0.4, 0.5) is 29.5 Å². The number of halogens is 3. The number of benzene rings is 1. The number of hydrogen-bond acceptors (Lipinski definition) is 5. The molecule has 1 fully saturated rings. The van der Waals surface area contributed by atoms with Crippen LogP contribution in [0.3, 0.4) is 0 Å². The number of urea groups is 1. The molecule has 3 heterocycles. The minimum atomic E-state index is -4.46. The Morgan fingerprint density at radius 3 is 2.89 bits per heavy atom. The van der Waals surface area contributed by atoms with Crippen LogP contribution in [0.5, 0.6) is 0 Å². The predicted molar refractivity (Wildman–Crippen MR) is 95.0 cm³/mol. The van der Waals surface area contributed by atoms with Crippen LogP contribution in [0.2, 0.25) is 0 Å². The lowest BCUT2D eigenvalue weighted by Gasteiger charge is -2.18. The van der Waals surface area contributed by atoms with E-state index >= 15 is 0 Å². The monoisotopic (exact) mass is 391 g/mol. The Labute approximate surface area is 157 Å². The lowest BCUT2D eigenvalue weighted by atomic mass is 10.2. The Morgan fingerprint density at radius 1 is 1.21 bits per heavy atom. The summed E-state index contributed by atoms with van der Waals surface area (Å²) in [4.78, 5) is 14.2. The van der Waals surface area contributed by atoms with Gasteiger partial charge in [-0.3, -0.25) is 0 Å². The number of amides is 2. The molecule has 8 nitrogen and oxygen atoms in total. The van der Waals surface area contributed by atoms with E-state index in [0.717, 1.165) is 18.0 Å². The van der Waals surface area contributed by atoms with Gasteiger partial charge in [-0.1, -0.05) is 6.07 Å². The molecule has 1 saturated heterocycles. The molecule has 4 rings (SSSR count). The summed E-state index contributed by atoms with van der Waals surface area (Å²) in [5, 5.41) is 17.3. The summed E-state index contributed by atoms with van der Waals surface area (Å²) in [6, 6.07) is 7.45. The normalized spacial score (nSPS) is 17.1. The minimum Gasteiger partial charge on any atom is -0.353 e. The average molecular weight is 391 g/mol. The SMILES string of the molecule is O=C(Nc1cccc(C(F)(F)F)c1)NC1CCN(c2ccc3nncn3n2)C1. The van der Waals surface area contributed by atoms with Gasteiger partial charge in [0.25, 0.3) is 0 Å². The molecular weight excluding hydrogens is 375 g/mol. The van der Waals surface area contributed by atoms with Gasteiger partial charge in [-0.15, -0.1) is 15.3 Å². The number of nitrogens with one attached hydrogen (secondary N) is 2. The van der Waals surface area contributed by atoms with Gasteiger partial charge >= 0.3 is 12.2 Å². The fourth-order valence-corrected chi connectivity index (χ4v) is 3.10. The first-order chi connectivity index (χ1) is 13.4. The third-order valence-corrected chi connectivity index (χ3v) is 4.44. The number of carbonyl (C=O) groups excluding carboxylic acids is 1. The van der Waals surface area contributed by atoms with Crippen molar-refractivity contribution in [1.29, 1.82) is 0 Å². The van der Waals surface area contributed by atoms with E-state index in [4.69, 9.17) is 0 Å². The predicted octanol–water partition coefficient (Wildman–Crippen LogP) is 2.54. The fraction of sp³-hybridized carbons (Fsp3) is 0.294. The van der Waals surface area contributed by atoms with Crippen molar-refractivity contribution in [1.82, 2.24) is 25.1 Å². The largest absolute Gasteiger partial charge is 0.416 e. The fourth-order valence-electron chi connectivity index (χ4n) is 3.10. The average Bonchev–Trinajstić information content (AvgIpc) is 3.29. The van der Waals surface area contributed by atoms with Crippen LogP contribution in [-0.2, 0) is 6.18 Å². The standard InChI is InChI=1S/C17H16F3N7O/c18-17(19,20)11-2-1-3-12(8-11)22-16(28)23-13-6-7-26(9-13)15-5-4-14-24-21-10-27(14)25-15/h1-5,8,10,13H,6-7,9H2,(H2,22,23,28). The zero-order valence-corrected chi connectivity index (χ0v) is 14.5. The Balaban J connectivity index is 1.35. The maximum absolute atomic E-state index is 12.8. The summed E-state index contributed by atoms with van der Waals surface area (Å²) in [5.41, 5.74) is -0.0900. The molecular formula is C17H16F3N7O. The Hall–Kier alpha value is -3.37. The lowest BCUT2D eigenvalue weighted by molar-refractivity contribution is -0.137. The molecule has 0 spiro atoms. The molecule has 3 aromatic rings. The third-order valence-electron chi connectivity index (χ3n) is 4.44. The highest BCUT2D eigenvalue weighted by molar-refractivity contribution is 5.89. The first-order valence-corrected chi connectivity index (χ1v) is 8.55. The summed E-state index contributed by atoms with van der Waals surface area (Å²) in [6.45, 7) is 1.23. The molecule has 2 amide bonds. The van der Waals surface area contributed by atoms with E-state index in [2.05, 4.69) is 25.9 Å². The van der Waals surface area contributed by atoms with Gasteiger partial charge in [0.2, 0.25) is 0 Å². The highest BCUT2D eigenvalue weighted by Gasteiger charge is 2.30. The molecule has 1 aliphatic rings. The van der Waals surface area contributed by atoms with Crippen LogP contribution < -0.4 is 15.5 Å². The second-order valence-electron chi connectivity index (χ2n) is 6.43. The van der Waals surface area contributed by atoms with Crippen molar-refractivity contribution in [2.75, 3.05) is 23.3 Å². The molecule has 28 heavy (non-hydrogen) atoms. The number of nitrogens with zero attached hydrogens (tertiary/aromatic N) is 5. The van der Waals surface area contributed by atoms with Gasteiger partial charge in [0.1, 0.15) is 12.1 Å². The summed E-state index contributed by atoms with van der Waals surface area (Å²) in [7, 11) is 0. The first-order valence-electron chi connectivity index (χ1n) is 8.55. The molecule has 2 N–H and O–H groups in total. The van der Waals surface area contributed by atoms with Crippen LogP contribution >= 0.6 is 0 Å². The number of rotatable bonds is 3. The second-order valence-corrected chi connectivity index (χ2v) is 6.43. The number of carbonyl (C=O) groups is 1. The van der Waals surface area contributed by atoms with Gasteiger partial charge in [-0.05, 0) is 36.8 Å². The molecule has 2 aromatic heterocycles. The Kier molecular flexibility index (Phi) is 4.49. The number of alkyl halides is 3. The molecule has 0 radical (unpaired) electrons. The molecule has 1 atom stereocenters. The van der Waals surface area contributed by atoms with E-state index in [1.165, 1.54) is 18.5 Å². The summed E-state index contributed by atoms with van der Waals surface area (Å²) in [6.07, 6.45) is -2.26. The number of fused-ring (bicyclic) bond motifs is 1. The van der Waals surface area contributed by atoms with Crippen LogP contribution in [0, 0.1) is 0 Å². The topological polar surface area (TPSA) is 87.5 Å². The maximum atomic E-state index is 12.8. The molecule has 11 heteroatoms. The zero-order valence-electron chi connectivity index (χ0n) is 14.5. The van der Waals surface area contributed by atoms with E-state index in [9.17, 15) is 18.0 Å². The van der Waals surface area contributed by atoms with Gasteiger partial charge in [0.15, 0.2) is 5.65 Å². The number of anilines is 2. The zero-order chi connectivity index (χ0) is 19.7. The summed E-state index contributed by atoms with van der Waals surface area (Å²) < 4.78 is 39.9. The van der Waals surface area contributed by atoms with E-state index in [1.807, 2.05) is 11.0 Å². The van der Waals surface area contributed by atoms with Crippen LogP contribution in [0.25, 0.3) is 5.65 Å². The highest BCUT2D eigenvalue weighted by Crippen LogP contribution is 2.30. The third kappa shape index (κ3) is 3.82. The van der Waals surface area contributed by atoms with Gasteiger partial charge in [0.05, 0.1) is 5.56 Å². The van der Waals surface area contributed by atoms with Crippen molar-refractivity contribution in [2.24, 2.45) is 0 Å². The molecule has 0 saturated carbocycles. The molecule has 1 unspecified atom stereocenters. The molecule has 1 aliphatic heterocycles. The van der Waals surface area contributed by atoms with Crippen LogP contribution in [0.15, 0.2) is 42.7 Å². The van der Waals surface area contributed by atoms with E-state index < -0.39 is 17.8 Å². The summed E-state index contributed by atoms with van der Waals surface area (Å²) >= 11 is 0. The van der Waals surface area contributed by atoms with Gasteiger partial charge < -0.3 is 15.5 Å². The van der Waals surface area contributed by atoms with Crippen molar-refractivity contribution in [3.05, 3.63) is 48.3 Å². The van der Waals surface area contributed by atoms with E-state index in [-0.39, 0.29) is 11.7 Å². The minimum absolute atomic E-state index is 0.0851. The molecule has 146 valence electrons. The lowest BCUT2D eigenvalue weighted by Crippen LogP contribution is -2.39. The number of hydrogen-bond donors (Lipinski definition) is 2. The quantitative estimate of drug-likeness (QED) is 0.717. The van der Waals surface area contributed by atoms with Crippen LogP contribution in [-0.4, -0.2) is 45.0 Å². The van der Waals surface area contributed by atoms with Gasteiger partial charge in [-0.2, -0.15) is 17.7 Å². The van der Waals surface area contributed by atoms with Crippen LogP contribution in [0.1, 0.15) is 12.0 Å². The Bertz CT molecular complexity index is 1000. The van der Waals surface area contributed by atoms with Gasteiger partial charge in [-0.25, -0.2) is 4.79 Å². The highest BCUT2D eigenvalue weighted by atomic mass is 19.4. The van der Waals surface area contributed by atoms with Crippen molar-refractivity contribution < 1.29 is 18.0 Å². The Morgan fingerprint density at radius 2 is 2.07 bits per heavy atom. The van der Waals surface area contributed by atoms with Crippen molar-refractivity contribution >= 4 is 23.2 Å².